The number of ether oxygens (including phenoxy) is 1. The molecular weight excluding hydrogens is 190 g/mol. The van der Waals surface area contributed by atoms with Gasteiger partial charge >= 0.3 is 0 Å². The molecule has 0 heterocycles. The standard InChI is InChI=1S/C12H17NO2/c1-3-15-9(2)10-4-6-11(7-5-10)12(14)8-13/h4-7,9H,3,8,13H2,1-2H3/t9-/m1/s1. The number of hydrogen-bond acceptors (Lipinski definition) is 3. The van der Waals surface area contributed by atoms with E-state index in [9.17, 15) is 4.79 Å². The summed E-state index contributed by atoms with van der Waals surface area (Å²) in [5.74, 6) is -0.0365. The van der Waals surface area contributed by atoms with Crippen LogP contribution in [-0.2, 0) is 4.74 Å². The molecule has 0 amide bonds. The van der Waals surface area contributed by atoms with Crippen LogP contribution in [0.25, 0.3) is 0 Å². The molecule has 82 valence electrons. The molecule has 0 aliphatic rings. The first-order chi connectivity index (χ1) is 7.19. The van der Waals surface area contributed by atoms with Crippen molar-refractivity contribution < 1.29 is 9.53 Å². The Balaban J connectivity index is 2.76. The van der Waals surface area contributed by atoms with Crippen LogP contribution < -0.4 is 5.73 Å². The smallest absolute Gasteiger partial charge is 0.176 e. The Morgan fingerprint density at radius 2 is 2.00 bits per heavy atom. The summed E-state index contributed by atoms with van der Waals surface area (Å²) in [5.41, 5.74) is 7.01. The maximum Gasteiger partial charge on any atom is 0.176 e. The predicted molar refractivity (Wildman–Crippen MR) is 59.9 cm³/mol. The first-order valence-corrected chi connectivity index (χ1v) is 5.13. The lowest BCUT2D eigenvalue weighted by molar-refractivity contribution is 0.0763. The average molecular weight is 207 g/mol. The Bertz CT molecular complexity index is 319. The molecule has 0 unspecified atom stereocenters. The highest BCUT2D eigenvalue weighted by molar-refractivity contribution is 5.97. The van der Waals surface area contributed by atoms with E-state index >= 15 is 0 Å². The maximum absolute atomic E-state index is 11.3. The number of nitrogens with two attached hydrogens (primary N) is 1. The van der Waals surface area contributed by atoms with Gasteiger partial charge in [-0.25, -0.2) is 0 Å². The van der Waals surface area contributed by atoms with E-state index in [4.69, 9.17) is 10.5 Å². The summed E-state index contributed by atoms with van der Waals surface area (Å²) in [6.45, 7) is 4.69. The van der Waals surface area contributed by atoms with Crippen LogP contribution in [0.1, 0.15) is 35.9 Å². The Morgan fingerprint density at radius 1 is 1.40 bits per heavy atom. The summed E-state index contributed by atoms with van der Waals surface area (Å²) in [6.07, 6.45) is 0.0667. The van der Waals surface area contributed by atoms with Crippen molar-refractivity contribution in [1.29, 1.82) is 0 Å². The molecule has 0 fully saturated rings. The molecule has 0 aliphatic carbocycles. The van der Waals surface area contributed by atoms with Crippen molar-refractivity contribution in [3.8, 4) is 0 Å². The van der Waals surface area contributed by atoms with Crippen LogP contribution in [0.15, 0.2) is 24.3 Å². The van der Waals surface area contributed by atoms with E-state index < -0.39 is 0 Å². The topological polar surface area (TPSA) is 52.3 Å². The second kappa shape index (κ2) is 5.63. The van der Waals surface area contributed by atoms with Gasteiger partial charge in [-0.2, -0.15) is 0 Å². The van der Waals surface area contributed by atoms with Crippen LogP contribution in [0.3, 0.4) is 0 Å². The molecule has 3 nitrogen and oxygen atoms in total. The van der Waals surface area contributed by atoms with Crippen molar-refractivity contribution >= 4 is 5.78 Å². The number of carbonyl (C=O) groups excluding carboxylic acids is 1. The molecular formula is C12H17NO2. The van der Waals surface area contributed by atoms with E-state index in [1.54, 1.807) is 12.1 Å². The summed E-state index contributed by atoms with van der Waals surface area (Å²) in [6, 6.07) is 7.40. The first-order valence-electron chi connectivity index (χ1n) is 5.13. The average Bonchev–Trinajstić information content (AvgIpc) is 2.28. The van der Waals surface area contributed by atoms with Gasteiger partial charge in [-0.15, -0.1) is 0 Å². The quantitative estimate of drug-likeness (QED) is 0.750. The third-order valence-corrected chi connectivity index (χ3v) is 2.30. The molecule has 3 heteroatoms. The van der Waals surface area contributed by atoms with E-state index in [1.807, 2.05) is 26.0 Å². The molecule has 2 N–H and O–H groups in total. The van der Waals surface area contributed by atoms with E-state index in [0.717, 1.165) is 5.56 Å². The maximum atomic E-state index is 11.3. The lowest BCUT2D eigenvalue weighted by atomic mass is 10.1. The van der Waals surface area contributed by atoms with E-state index in [2.05, 4.69) is 0 Å². The van der Waals surface area contributed by atoms with Gasteiger partial charge in [-0.05, 0) is 19.4 Å². The molecule has 0 aliphatic heterocycles. The van der Waals surface area contributed by atoms with Gasteiger partial charge in [0.2, 0.25) is 0 Å². The SMILES string of the molecule is CCO[C@H](C)c1ccc(C(=O)CN)cc1. The van der Waals surface area contributed by atoms with Crippen molar-refractivity contribution in [3.05, 3.63) is 35.4 Å². The number of benzene rings is 1. The molecule has 1 atom stereocenters. The van der Waals surface area contributed by atoms with Gasteiger partial charge in [0.05, 0.1) is 12.6 Å². The minimum absolute atomic E-state index is 0.0365. The zero-order valence-electron chi connectivity index (χ0n) is 9.19. The van der Waals surface area contributed by atoms with Crippen molar-refractivity contribution in [2.75, 3.05) is 13.2 Å². The molecule has 0 saturated heterocycles. The summed E-state index contributed by atoms with van der Waals surface area (Å²) < 4.78 is 5.44. The van der Waals surface area contributed by atoms with Gasteiger partial charge in [0.1, 0.15) is 0 Å². The number of carbonyl (C=O) groups is 1. The van der Waals surface area contributed by atoms with Crippen LogP contribution in [0.5, 0.6) is 0 Å². The van der Waals surface area contributed by atoms with Crippen LogP contribution >= 0.6 is 0 Å². The third-order valence-electron chi connectivity index (χ3n) is 2.30. The monoisotopic (exact) mass is 207 g/mol. The number of ketones is 1. The van der Waals surface area contributed by atoms with Gasteiger partial charge in [-0.1, -0.05) is 24.3 Å². The van der Waals surface area contributed by atoms with Crippen molar-refractivity contribution in [2.45, 2.75) is 20.0 Å². The van der Waals surface area contributed by atoms with Gasteiger partial charge in [0.25, 0.3) is 0 Å². The summed E-state index contributed by atoms with van der Waals surface area (Å²) in [4.78, 5) is 11.3. The number of hydrogen-bond donors (Lipinski definition) is 1. The molecule has 0 spiro atoms. The van der Waals surface area contributed by atoms with Crippen molar-refractivity contribution in [3.63, 3.8) is 0 Å². The van der Waals surface area contributed by atoms with Crippen molar-refractivity contribution in [1.82, 2.24) is 0 Å². The molecule has 1 aromatic rings. The molecule has 1 rings (SSSR count). The third kappa shape index (κ3) is 3.15. The molecule has 0 saturated carbocycles. The fourth-order valence-electron chi connectivity index (χ4n) is 1.40. The Hall–Kier alpha value is -1.19. The fourth-order valence-corrected chi connectivity index (χ4v) is 1.40. The van der Waals surface area contributed by atoms with Crippen LogP contribution in [0.2, 0.25) is 0 Å². The second-order valence-electron chi connectivity index (χ2n) is 3.35. The normalized spacial score (nSPS) is 12.5. The van der Waals surface area contributed by atoms with E-state index in [-0.39, 0.29) is 18.4 Å². The van der Waals surface area contributed by atoms with E-state index in [0.29, 0.717) is 12.2 Å². The Labute approximate surface area is 90.2 Å². The lowest BCUT2D eigenvalue weighted by Crippen LogP contribution is -2.13. The number of rotatable bonds is 5. The van der Waals surface area contributed by atoms with Crippen LogP contribution in [0, 0.1) is 0 Å². The Morgan fingerprint density at radius 3 is 2.47 bits per heavy atom. The van der Waals surface area contributed by atoms with Gasteiger partial charge in [0, 0.05) is 12.2 Å². The summed E-state index contributed by atoms with van der Waals surface area (Å²) >= 11 is 0. The number of Topliss-reactive ketones (excluding diaryl/α,β-unsaturated/α-hetero) is 1. The van der Waals surface area contributed by atoms with Gasteiger partial charge in [-0.3, -0.25) is 4.79 Å². The summed E-state index contributed by atoms with van der Waals surface area (Å²) in [7, 11) is 0. The van der Waals surface area contributed by atoms with E-state index in [1.165, 1.54) is 0 Å². The largest absolute Gasteiger partial charge is 0.374 e. The molecule has 0 aromatic heterocycles. The highest BCUT2D eigenvalue weighted by Gasteiger charge is 2.06. The Kier molecular flexibility index (Phi) is 4.46. The molecule has 0 bridgehead atoms. The molecule has 15 heavy (non-hydrogen) atoms. The highest BCUT2D eigenvalue weighted by atomic mass is 16.5. The molecule has 1 aromatic carbocycles. The fraction of sp³-hybridized carbons (Fsp3) is 0.417. The van der Waals surface area contributed by atoms with Crippen LogP contribution in [0.4, 0.5) is 0 Å². The summed E-state index contributed by atoms with van der Waals surface area (Å²) in [5, 5.41) is 0. The zero-order chi connectivity index (χ0) is 11.3. The lowest BCUT2D eigenvalue weighted by Gasteiger charge is -2.11. The minimum Gasteiger partial charge on any atom is -0.374 e. The van der Waals surface area contributed by atoms with Crippen LogP contribution in [-0.4, -0.2) is 18.9 Å². The molecule has 0 radical (unpaired) electrons. The first kappa shape index (κ1) is 11.9. The zero-order valence-corrected chi connectivity index (χ0v) is 9.19. The minimum atomic E-state index is -0.0365. The van der Waals surface area contributed by atoms with Gasteiger partial charge < -0.3 is 10.5 Å². The van der Waals surface area contributed by atoms with Gasteiger partial charge in [0.15, 0.2) is 5.78 Å². The predicted octanol–water partition coefficient (Wildman–Crippen LogP) is 1.93. The van der Waals surface area contributed by atoms with Crippen molar-refractivity contribution in [2.24, 2.45) is 5.73 Å². The second-order valence-corrected chi connectivity index (χ2v) is 3.35. The highest BCUT2D eigenvalue weighted by Crippen LogP contribution is 2.17.